The zero-order valence-corrected chi connectivity index (χ0v) is 8.60. The molecular weight excluding hydrogens is 188 g/mol. The second kappa shape index (κ2) is 3.54. The summed E-state index contributed by atoms with van der Waals surface area (Å²) in [5, 5.41) is 9.04. The van der Waals surface area contributed by atoms with Gasteiger partial charge >= 0.3 is 0 Å². The maximum absolute atomic E-state index is 9.04. The molecule has 0 aromatic carbocycles. The number of nitrogens with zero attached hydrogens (tertiary/aromatic N) is 4. The van der Waals surface area contributed by atoms with Crippen molar-refractivity contribution in [1.82, 2.24) is 14.5 Å². The third-order valence-corrected chi connectivity index (χ3v) is 2.36. The van der Waals surface area contributed by atoms with Crippen LogP contribution in [0.25, 0.3) is 11.3 Å². The molecule has 4 heteroatoms. The normalized spacial score (nSPS) is 9.93. The molecule has 2 rings (SSSR count). The third-order valence-electron chi connectivity index (χ3n) is 2.36. The first-order valence-corrected chi connectivity index (χ1v) is 4.58. The highest BCUT2D eigenvalue weighted by molar-refractivity contribution is 5.64. The number of pyridine rings is 1. The maximum Gasteiger partial charge on any atom is 0.148 e. The van der Waals surface area contributed by atoms with Crippen molar-refractivity contribution in [3.05, 3.63) is 36.0 Å². The second-order valence-electron chi connectivity index (χ2n) is 3.27. The van der Waals surface area contributed by atoms with Crippen molar-refractivity contribution in [2.24, 2.45) is 7.05 Å². The molecule has 2 aromatic heterocycles. The summed E-state index contributed by atoms with van der Waals surface area (Å²) in [6, 6.07) is 5.89. The zero-order chi connectivity index (χ0) is 10.8. The summed E-state index contributed by atoms with van der Waals surface area (Å²) < 4.78 is 1.78. The Morgan fingerprint density at radius 3 is 2.87 bits per heavy atom. The Bertz CT molecular complexity index is 520. The lowest BCUT2D eigenvalue weighted by atomic mass is 10.2. The van der Waals surface area contributed by atoms with Crippen LogP contribution in [0.15, 0.2) is 24.5 Å². The largest absolute Gasteiger partial charge is 0.323 e. The van der Waals surface area contributed by atoms with Gasteiger partial charge in [0.05, 0.1) is 0 Å². The van der Waals surface area contributed by atoms with E-state index in [4.69, 9.17) is 5.26 Å². The average Bonchev–Trinajstić information content (AvgIpc) is 2.56. The first-order valence-electron chi connectivity index (χ1n) is 4.58. The standard InChI is InChI=1S/C11H10N4/c1-8-14-11(10(6-12)15(8)2)9-4-3-5-13-7-9/h3-5,7H,1-2H3. The van der Waals surface area contributed by atoms with Gasteiger partial charge in [0.2, 0.25) is 0 Å². The molecule has 0 aliphatic rings. The van der Waals surface area contributed by atoms with Gasteiger partial charge in [-0.25, -0.2) is 4.98 Å². The zero-order valence-electron chi connectivity index (χ0n) is 8.60. The molecule has 0 N–H and O–H groups in total. The Morgan fingerprint density at radius 2 is 2.27 bits per heavy atom. The average molecular weight is 198 g/mol. The first kappa shape index (κ1) is 9.41. The minimum atomic E-state index is 0.570. The van der Waals surface area contributed by atoms with Crippen molar-refractivity contribution in [2.75, 3.05) is 0 Å². The second-order valence-corrected chi connectivity index (χ2v) is 3.27. The number of nitriles is 1. The number of aromatic nitrogens is 3. The topological polar surface area (TPSA) is 54.5 Å². The fourth-order valence-electron chi connectivity index (χ4n) is 1.44. The van der Waals surface area contributed by atoms with Gasteiger partial charge in [-0.3, -0.25) is 4.98 Å². The van der Waals surface area contributed by atoms with Crippen LogP contribution in [0.4, 0.5) is 0 Å². The van der Waals surface area contributed by atoms with Gasteiger partial charge in [-0.15, -0.1) is 0 Å². The molecule has 0 amide bonds. The molecule has 74 valence electrons. The quantitative estimate of drug-likeness (QED) is 0.700. The van der Waals surface area contributed by atoms with Crippen molar-refractivity contribution >= 4 is 0 Å². The van der Waals surface area contributed by atoms with E-state index in [-0.39, 0.29) is 0 Å². The lowest BCUT2D eigenvalue weighted by Gasteiger charge is -1.96. The van der Waals surface area contributed by atoms with Crippen molar-refractivity contribution in [2.45, 2.75) is 6.92 Å². The molecule has 0 saturated heterocycles. The molecule has 0 bridgehead atoms. The van der Waals surface area contributed by atoms with Crippen LogP contribution in [0.3, 0.4) is 0 Å². The molecule has 0 atom stereocenters. The molecule has 4 nitrogen and oxygen atoms in total. The maximum atomic E-state index is 9.04. The van der Waals surface area contributed by atoms with Crippen LogP contribution in [0.5, 0.6) is 0 Å². The van der Waals surface area contributed by atoms with Crippen LogP contribution in [-0.2, 0) is 7.05 Å². The van der Waals surface area contributed by atoms with Crippen LogP contribution in [0.2, 0.25) is 0 Å². The van der Waals surface area contributed by atoms with E-state index in [1.807, 2.05) is 26.1 Å². The number of aryl methyl sites for hydroxylation is 1. The molecular formula is C11H10N4. The smallest absolute Gasteiger partial charge is 0.148 e. The summed E-state index contributed by atoms with van der Waals surface area (Å²) in [5.74, 6) is 0.824. The highest BCUT2D eigenvalue weighted by Gasteiger charge is 2.13. The Balaban J connectivity index is 2.65. The lowest BCUT2D eigenvalue weighted by Crippen LogP contribution is -1.94. The minimum Gasteiger partial charge on any atom is -0.323 e. The van der Waals surface area contributed by atoms with E-state index in [1.165, 1.54) is 0 Å². The summed E-state index contributed by atoms with van der Waals surface area (Å²) in [6.07, 6.45) is 3.41. The molecule has 0 aliphatic carbocycles. The fourth-order valence-corrected chi connectivity index (χ4v) is 1.44. The van der Waals surface area contributed by atoms with Gasteiger partial charge in [-0.05, 0) is 19.1 Å². The van der Waals surface area contributed by atoms with Gasteiger partial charge in [-0.2, -0.15) is 5.26 Å². The Kier molecular flexibility index (Phi) is 2.22. The van der Waals surface area contributed by atoms with Gasteiger partial charge in [0, 0.05) is 25.0 Å². The SMILES string of the molecule is Cc1nc(-c2cccnc2)c(C#N)n1C. The summed E-state index contributed by atoms with van der Waals surface area (Å²) in [7, 11) is 1.83. The Hall–Kier alpha value is -2.15. The highest BCUT2D eigenvalue weighted by atomic mass is 15.1. The number of hydrogen-bond donors (Lipinski definition) is 0. The number of imidazole rings is 1. The van der Waals surface area contributed by atoms with Crippen molar-refractivity contribution in [3.63, 3.8) is 0 Å². The van der Waals surface area contributed by atoms with E-state index in [2.05, 4.69) is 16.0 Å². The van der Waals surface area contributed by atoms with Crippen LogP contribution in [0.1, 0.15) is 11.5 Å². The predicted octanol–water partition coefficient (Wildman–Crippen LogP) is 1.66. The first-order chi connectivity index (χ1) is 7.24. The number of hydrogen-bond acceptors (Lipinski definition) is 3. The molecule has 0 radical (unpaired) electrons. The molecule has 0 unspecified atom stereocenters. The predicted molar refractivity (Wildman–Crippen MR) is 55.9 cm³/mol. The third kappa shape index (κ3) is 1.48. The van der Waals surface area contributed by atoms with E-state index in [0.29, 0.717) is 11.4 Å². The van der Waals surface area contributed by atoms with Gasteiger partial charge in [0.1, 0.15) is 23.3 Å². The molecule has 15 heavy (non-hydrogen) atoms. The minimum absolute atomic E-state index is 0.570. The monoisotopic (exact) mass is 198 g/mol. The van der Waals surface area contributed by atoms with E-state index in [1.54, 1.807) is 17.0 Å². The van der Waals surface area contributed by atoms with E-state index in [9.17, 15) is 0 Å². The van der Waals surface area contributed by atoms with E-state index >= 15 is 0 Å². The van der Waals surface area contributed by atoms with Gasteiger partial charge < -0.3 is 4.57 Å². The Morgan fingerprint density at radius 1 is 1.47 bits per heavy atom. The molecule has 0 fully saturated rings. The van der Waals surface area contributed by atoms with Crippen molar-refractivity contribution in [1.29, 1.82) is 5.26 Å². The summed E-state index contributed by atoms with van der Waals surface area (Å²) >= 11 is 0. The van der Waals surface area contributed by atoms with E-state index in [0.717, 1.165) is 11.4 Å². The molecule has 0 spiro atoms. The number of rotatable bonds is 1. The Labute approximate surface area is 87.8 Å². The van der Waals surface area contributed by atoms with Crippen LogP contribution in [0, 0.1) is 18.3 Å². The lowest BCUT2D eigenvalue weighted by molar-refractivity contribution is 0.845. The van der Waals surface area contributed by atoms with E-state index < -0.39 is 0 Å². The van der Waals surface area contributed by atoms with Gasteiger partial charge in [0.15, 0.2) is 0 Å². The summed E-state index contributed by atoms with van der Waals surface area (Å²) in [5.41, 5.74) is 2.14. The van der Waals surface area contributed by atoms with Crippen LogP contribution < -0.4 is 0 Å². The molecule has 0 aliphatic heterocycles. The molecule has 2 heterocycles. The highest BCUT2D eigenvalue weighted by Crippen LogP contribution is 2.21. The van der Waals surface area contributed by atoms with Gasteiger partial charge in [-0.1, -0.05) is 0 Å². The summed E-state index contributed by atoms with van der Waals surface area (Å²) in [4.78, 5) is 8.37. The van der Waals surface area contributed by atoms with Crippen molar-refractivity contribution in [3.8, 4) is 17.3 Å². The molecule has 2 aromatic rings. The molecule has 0 saturated carbocycles. The fraction of sp³-hybridized carbons (Fsp3) is 0.182. The van der Waals surface area contributed by atoms with Gasteiger partial charge in [0.25, 0.3) is 0 Å². The summed E-state index contributed by atoms with van der Waals surface area (Å²) in [6.45, 7) is 1.88. The van der Waals surface area contributed by atoms with Crippen LogP contribution >= 0.6 is 0 Å². The van der Waals surface area contributed by atoms with Crippen LogP contribution in [-0.4, -0.2) is 14.5 Å². The van der Waals surface area contributed by atoms with Crippen molar-refractivity contribution < 1.29 is 0 Å².